The number of aromatic nitrogens is 2. The molecule has 2 aliphatic rings. The number of halogens is 2. The van der Waals surface area contributed by atoms with Crippen molar-refractivity contribution in [1.82, 2.24) is 18.9 Å². The van der Waals surface area contributed by atoms with Crippen molar-refractivity contribution >= 4 is 66.0 Å². The molecule has 0 atom stereocenters. The number of piperidine rings is 1. The molecule has 0 N–H and O–H groups in total. The van der Waals surface area contributed by atoms with Crippen LogP contribution in [0.3, 0.4) is 0 Å². The highest BCUT2D eigenvalue weighted by atomic mass is 79.9. The summed E-state index contributed by atoms with van der Waals surface area (Å²) in [6, 6.07) is 20.7. The molecular weight excluding hydrogens is 844 g/mol. The number of carbonyl (C=O) groups excluding carboxylic acids is 2. The van der Waals surface area contributed by atoms with Gasteiger partial charge in [-0.05, 0) is 113 Å². The summed E-state index contributed by atoms with van der Waals surface area (Å²) in [6.45, 7) is 14.3. The van der Waals surface area contributed by atoms with E-state index in [9.17, 15) is 19.2 Å². The first-order valence-corrected chi connectivity index (χ1v) is 20.4. The smallest absolute Gasteiger partial charge is 0.410 e. The van der Waals surface area contributed by atoms with Gasteiger partial charge in [0.05, 0.1) is 17.6 Å². The lowest BCUT2D eigenvalue weighted by Gasteiger charge is -2.39. The highest BCUT2D eigenvalue weighted by Crippen LogP contribution is 2.32. The van der Waals surface area contributed by atoms with E-state index in [-0.39, 0.29) is 29.8 Å². The maximum Gasteiger partial charge on any atom is 0.410 e. The second-order valence-corrected chi connectivity index (χ2v) is 17.0. The van der Waals surface area contributed by atoms with Gasteiger partial charge in [0, 0.05) is 70.6 Å². The molecule has 4 heterocycles. The number of hydrogen-bond donors (Lipinski definition) is 0. The molecule has 0 unspecified atom stereocenters. The van der Waals surface area contributed by atoms with Crippen molar-refractivity contribution in [3.05, 3.63) is 113 Å². The second kappa shape index (κ2) is 17.8. The van der Waals surface area contributed by atoms with E-state index in [1.165, 1.54) is 10.6 Å². The number of carbonyl (C=O) groups is 2. The van der Waals surface area contributed by atoms with Crippen LogP contribution >= 0.6 is 31.9 Å². The first-order chi connectivity index (χ1) is 26.7. The molecule has 2 aromatic heterocycles. The van der Waals surface area contributed by atoms with E-state index in [1.807, 2.05) is 80.5 Å². The molecule has 5 aromatic rings. The van der Waals surface area contributed by atoms with Gasteiger partial charge in [-0.3, -0.25) is 9.59 Å². The van der Waals surface area contributed by atoms with Gasteiger partial charge in [-0.15, -0.1) is 0 Å². The lowest BCUT2D eigenvalue weighted by atomic mass is 10.0. The first kappa shape index (κ1) is 41.2. The number of nitrogens with zero attached hydrogens (tertiary/aromatic N) is 4. The van der Waals surface area contributed by atoms with E-state index in [0.29, 0.717) is 32.1 Å². The molecule has 0 spiro atoms. The summed E-state index contributed by atoms with van der Waals surface area (Å²) in [5.41, 5.74) is 4.14. The van der Waals surface area contributed by atoms with E-state index < -0.39 is 5.60 Å². The minimum Gasteiger partial charge on any atom is -0.486 e. The Kier molecular flexibility index (Phi) is 13.1. The van der Waals surface area contributed by atoms with Gasteiger partial charge in [0.1, 0.15) is 25.1 Å². The standard InChI is InChI=1S/C31H38BrN3O5.C12H10BrNO2/c1-21-17-25(32)24-6-8-29(36)34(26(24)18-21)14-13-33-11-9-23(10-12-33)35(30(37)40-31(2,3)4)20-22-5-7-27-28(19-22)39-16-15-38-27;1-8-6-10(13)9-2-3-12(16)14(4-5-15)11(9)7-8/h5-8,17-19,23H,9-16,20H2,1-4H3;2-3,5-7H,4H2,1H3. The average Bonchev–Trinajstić information content (AvgIpc) is 3.14. The summed E-state index contributed by atoms with van der Waals surface area (Å²) < 4.78 is 22.5. The number of rotatable bonds is 8. The van der Waals surface area contributed by atoms with E-state index in [1.54, 1.807) is 12.1 Å². The van der Waals surface area contributed by atoms with Crippen molar-refractivity contribution in [3.63, 3.8) is 0 Å². The van der Waals surface area contributed by atoms with Crippen molar-refractivity contribution in [1.29, 1.82) is 0 Å². The zero-order valence-corrected chi connectivity index (χ0v) is 35.7. The Morgan fingerprint density at radius 1 is 0.804 bits per heavy atom. The predicted octanol–water partition coefficient (Wildman–Crippen LogP) is 8.02. The van der Waals surface area contributed by atoms with Crippen LogP contribution in [0.5, 0.6) is 11.5 Å². The van der Waals surface area contributed by atoms with E-state index in [2.05, 4.69) is 48.9 Å². The van der Waals surface area contributed by atoms with Gasteiger partial charge in [-0.2, -0.15) is 0 Å². The fourth-order valence-electron chi connectivity index (χ4n) is 7.21. The third-order valence-electron chi connectivity index (χ3n) is 9.89. The Hall–Kier alpha value is -4.46. The lowest BCUT2D eigenvalue weighted by molar-refractivity contribution is -0.108. The van der Waals surface area contributed by atoms with E-state index in [0.717, 1.165) is 92.0 Å². The topological polar surface area (TPSA) is 112 Å². The molecule has 11 nitrogen and oxygen atoms in total. The fourth-order valence-corrected chi connectivity index (χ4v) is 8.60. The molecule has 0 bridgehead atoms. The zero-order valence-electron chi connectivity index (χ0n) is 32.5. The zero-order chi connectivity index (χ0) is 40.1. The summed E-state index contributed by atoms with van der Waals surface area (Å²) in [5, 5.41) is 1.98. The van der Waals surface area contributed by atoms with Crippen LogP contribution < -0.4 is 20.6 Å². The van der Waals surface area contributed by atoms with Crippen molar-refractivity contribution in [3.8, 4) is 11.5 Å². The Morgan fingerprint density at radius 2 is 1.38 bits per heavy atom. The molecule has 13 heteroatoms. The number of hydrogen-bond acceptors (Lipinski definition) is 8. The molecule has 2 aliphatic heterocycles. The number of ether oxygens (including phenoxy) is 3. The summed E-state index contributed by atoms with van der Waals surface area (Å²) in [6.07, 6.45) is 2.10. The number of benzene rings is 3. The molecule has 1 amide bonds. The molecule has 7 rings (SSSR count). The second-order valence-electron chi connectivity index (χ2n) is 15.3. The number of likely N-dealkylation sites (tertiary alicyclic amines) is 1. The maximum absolute atomic E-state index is 13.4. The van der Waals surface area contributed by atoms with Crippen LogP contribution in [0.15, 0.2) is 85.3 Å². The van der Waals surface area contributed by atoms with Crippen LogP contribution in [-0.2, 0) is 29.2 Å². The van der Waals surface area contributed by atoms with Crippen LogP contribution in [-0.4, -0.2) is 75.8 Å². The molecule has 0 saturated carbocycles. The molecule has 0 radical (unpaired) electrons. The van der Waals surface area contributed by atoms with Crippen molar-refractivity contribution in [2.75, 3.05) is 32.8 Å². The van der Waals surface area contributed by atoms with Crippen LogP contribution in [0.1, 0.15) is 50.3 Å². The van der Waals surface area contributed by atoms with Gasteiger partial charge in [0.25, 0.3) is 11.1 Å². The van der Waals surface area contributed by atoms with E-state index in [4.69, 9.17) is 14.2 Å². The van der Waals surface area contributed by atoms with Gasteiger partial charge in [-0.1, -0.05) is 37.9 Å². The number of pyridine rings is 2. The van der Waals surface area contributed by atoms with Crippen molar-refractivity contribution < 1.29 is 23.8 Å². The Labute approximate surface area is 343 Å². The molecule has 296 valence electrons. The number of amides is 1. The summed E-state index contributed by atoms with van der Waals surface area (Å²) in [5.74, 6) is 1.45. The third-order valence-corrected chi connectivity index (χ3v) is 11.2. The number of fused-ring (bicyclic) bond motifs is 3. The SMILES string of the molecule is Cc1cc(Br)c2ccc(=O)n(CC=O)c2c1.Cc1cc(Br)c2ccc(=O)n(CCN3CCC(N(Cc4ccc5c(c4)OCCO5)C(=O)OC(C)(C)C)CC3)c2c1. The monoisotopic (exact) mass is 890 g/mol. The maximum atomic E-state index is 13.4. The Morgan fingerprint density at radius 3 is 1.96 bits per heavy atom. The Balaban J connectivity index is 0.000000277. The van der Waals surface area contributed by atoms with Crippen LogP contribution in [0.4, 0.5) is 4.79 Å². The third kappa shape index (κ3) is 9.91. The van der Waals surface area contributed by atoms with Gasteiger partial charge in [-0.25, -0.2) is 4.79 Å². The van der Waals surface area contributed by atoms with Gasteiger partial charge in [0.2, 0.25) is 0 Å². The summed E-state index contributed by atoms with van der Waals surface area (Å²) >= 11 is 7.10. The quantitative estimate of drug-likeness (QED) is 0.144. The number of aryl methyl sites for hydroxylation is 2. The average molecular weight is 893 g/mol. The summed E-state index contributed by atoms with van der Waals surface area (Å²) in [7, 11) is 0. The van der Waals surface area contributed by atoms with E-state index >= 15 is 0 Å². The molecule has 1 saturated heterocycles. The van der Waals surface area contributed by atoms with Crippen LogP contribution in [0.2, 0.25) is 0 Å². The Bertz CT molecular complexity index is 2360. The molecule has 56 heavy (non-hydrogen) atoms. The highest BCUT2D eigenvalue weighted by molar-refractivity contribution is 9.11. The predicted molar refractivity (Wildman–Crippen MR) is 226 cm³/mol. The highest BCUT2D eigenvalue weighted by Gasteiger charge is 2.31. The summed E-state index contributed by atoms with van der Waals surface area (Å²) in [4.78, 5) is 52.6. The minimum atomic E-state index is -0.581. The minimum absolute atomic E-state index is 0.00964. The largest absolute Gasteiger partial charge is 0.486 e. The van der Waals surface area contributed by atoms with Crippen molar-refractivity contribution in [2.24, 2.45) is 0 Å². The lowest BCUT2D eigenvalue weighted by Crippen LogP contribution is -2.49. The molecule has 0 aliphatic carbocycles. The first-order valence-electron chi connectivity index (χ1n) is 18.8. The fraction of sp³-hybridized carbons (Fsp3) is 0.395. The van der Waals surface area contributed by atoms with Crippen LogP contribution in [0, 0.1) is 13.8 Å². The van der Waals surface area contributed by atoms with Crippen molar-refractivity contribution in [2.45, 2.75) is 78.7 Å². The van der Waals surface area contributed by atoms with Crippen LogP contribution in [0.25, 0.3) is 21.8 Å². The number of aldehydes is 1. The van der Waals surface area contributed by atoms with Gasteiger partial charge < -0.3 is 37.9 Å². The molecular formula is C43H48Br2N4O7. The van der Waals surface area contributed by atoms with Gasteiger partial charge >= 0.3 is 6.09 Å². The normalized spacial score (nSPS) is 14.6. The van der Waals surface area contributed by atoms with Gasteiger partial charge in [0.15, 0.2) is 11.5 Å². The molecule has 1 fully saturated rings. The molecule has 3 aromatic carbocycles.